The second kappa shape index (κ2) is 5.68. The highest BCUT2D eigenvalue weighted by atomic mass is 32.2. The number of aromatic nitrogens is 2. The lowest BCUT2D eigenvalue weighted by molar-refractivity contribution is 0.197. The van der Waals surface area contributed by atoms with Gasteiger partial charge in [-0.05, 0) is 32.0 Å². The van der Waals surface area contributed by atoms with Crippen molar-refractivity contribution in [3.05, 3.63) is 18.0 Å². The van der Waals surface area contributed by atoms with Gasteiger partial charge in [-0.3, -0.25) is 4.68 Å². The van der Waals surface area contributed by atoms with Crippen LogP contribution in [0, 0.1) is 0 Å². The van der Waals surface area contributed by atoms with E-state index in [0.717, 1.165) is 25.3 Å². The van der Waals surface area contributed by atoms with Crippen LogP contribution in [0.15, 0.2) is 12.3 Å². The number of nitrogens with zero attached hydrogens (tertiary/aromatic N) is 5. The topological polar surface area (TPSA) is 61.7 Å². The molecular formula is C13H23N5O2S. The van der Waals surface area contributed by atoms with Crippen LogP contribution in [0.1, 0.15) is 24.6 Å². The zero-order valence-corrected chi connectivity index (χ0v) is 13.5. The fraction of sp³-hybridized carbons (Fsp3) is 0.769. The minimum atomic E-state index is -3.38. The molecule has 1 atom stereocenters. The van der Waals surface area contributed by atoms with E-state index in [1.165, 1.54) is 17.1 Å². The van der Waals surface area contributed by atoms with E-state index in [-0.39, 0.29) is 6.04 Å². The van der Waals surface area contributed by atoms with Crippen molar-refractivity contribution in [2.45, 2.75) is 25.4 Å². The largest absolute Gasteiger partial charge is 0.301 e. The van der Waals surface area contributed by atoms with Crippen molar-refractivity contribution >= 4 is 10.2 Å². The molecule has 0 saturated carbocycles. The summed E-state index contributed by atoms with van der Waals surface area (Å²) in [5.74, 6) is 0. The summed E-state index contributed by atoms with van der Waals surface area (Å²) in [6.45, 7) is 3.97. The van der Waals surface area contributed by atoms with Crippen molar-refractivity contribution in [3.8, 4) is 0 Å². The second-order valence-electron chi connectivity index (χ2n) is 6.01. The summed E-state index contributed by atoms with van der Waals surface area (Å²) in [5.41, 5.74) is 0.968. The zero-order chi connectivity index (χ0) is 15.0. The normalized spacial score (nSPS) is 24.6. The van der Waals surface area contributed by atoms with E-state index in [4.69, 9.17) is 0 Å². The van der Waals surface area contributed by atoms with Gasteiger partial charge in [0.05, 0.1) is 18.3 Å². The lowest BCUT2D eigenvalue weighted by Gasteiger charge is -2.36. The van der Waals surface area contributed by atoms with Crippen molar-refractivity contribution in [1.82, 2.24) is 23.3 Å². The summed E-state index contributed by atoms with van der Waals surface area (Å²) in [4.78, 5) is 2.40. The minimum Gasteiger partial charge on any atom is -0.301 e. The summed E-state index contributed by atoms with van der Waals surface area (Å²) in [6, 6.07) is 2.01. The van der Waals surface area contributed by atoms with E-state index in [1.807, 2.05) is 10.7 Å². The predicted octanol–water partition coefficient (Wildman–Crippen LogP) is 0.142. The third-order valence-corrected chi connectivity index (χ3v) is 6.16. The Morgan fingerprint density at radius 3 is 2.71 bits per heavy atom. The predicted molar refractivity (Wildman–Crippen MR) is 80.0 cm³/mol. The van der Waals surface area contributed by atoms with Gasteiger partial charge in [0.15, 0.2) is 0 Å². The molecule has 0 amide bonds. The molecular weight excluding hydrogens is 290 g/mol. The average Bonchev–Trinajstić information content (AvgIpc) is 3.08. The third kappa shape index (κ3) is 2.85. The van der Waals surface area contributed by atoms with Crippen LogP contribution in [0.2, 0.25) is 0 Å². The molecule has 0 N–H and O–H groups in total. The van der Waals surface area contributed by atoms with Crippen LogP contribution in [0.25, 0.3) is 0 Å². The zero-order valence-electron chi connectivity index (χ0n) is 12.6. The van der Waals surface area contributed by atoms with Gasteiger partial charge in [0, 0.05) is 33.4 Å². The van der Waals surface area contributed by atoms with Crippen molar-refractivity contribution < 1.29 is 8.42 Å². The average molecular weight is 313 g/mol. The molecule has 21 heavy (non-hydrogen) atoms. The molecule has 0 aromatic carbocycles. The van der Waals surface area contributed by atoms with Crippen molar-refractivity contribution in [1.29, 1.82) is 0 Å². The molecule has 0 aliphatic carbocycles. The summed E-state index contributed by atoms with van der Waals surface area (Å²) >= 11 is 0. The van der Waals surface area contributed by atoms with Crippen LogP contribution in [-0.4, -0.2) is 72.0 Å². The number of rotatable bonds is 4. The highest BCUT2D eigenvalue weighted by molar-refractivity contribution is 7.86. The fourth-order valence-corrected chi connectivity index (χ4v) is 4.28. The smallest absolute Gasteiger partial charge is 0.281 e. The molecule has 0 bridgehead atoms. The molecule has 3 heterocycles. The first-order chi connectivity index (χ1) is 9.98. The van der Waals surface area contributed by atoms with Gasteiger partial charge >= 0.3 is 0 Å². The standard InChI is InChI=1S/C13H23N5O2S/c1-15(2)21(19,20)17-10-12-5-6-14-18(12)13(11-17)9-16-7-3-4-8-16/h5-6,13H,3-4,7-11H2,1-2H3. The first kappa shape index (κ1) is 15.0. The Balaban J connectivity index is 1.83. The number of hydrogen-bond donors (Lipinski definition) is 0. The molecule has 1 aromatic rings. The number of hydrogen-bond acceptors (Lipinski definition) is 4. The molecule has 7 nitrogen and oxygen atoms in total. The molecule has 0 radical (unpaired) electrons. The lowest BCUT2D eigenvalue weighted by atomic mass is 10.2. The summed E-state index contributed by atoms with van der Waals surface area (Å²) in [6.07, 6.45) is 4.23. The van der Waals surface area contributed by atoms with Crippen molar-refractivity contribution in [2.75, 3.05) is 40.3 Å². The van der Waals surface area contributed by atoms with Crippen LogP contribution in [0.3, 0.4) is 0 Å². The van der Waals surface area contributed by atoms with E-state index in [9.17, 15) is 8.42 Å². The summed E-state index contributed by atoms with van der Waals surface area (Å²) in [5, 5.41) is 4.40. The van der Waals surface area contributed by atoms with Crippen LogP contribution in [0.5, 0.6) is 0 Å². The molecule has 1 unspecified atom stereocenters. The highest BCUT2D eigenvalue weighted by Gasteiger charge is 2.34. The Morgan fingerprint density at radius 1 is 1.33 bits per heavy atom. The molecule has 118 valence electrons. The highest BCUT2D eigenvalue weighted by Crippen LogP contribution is 2.25. The van der Waals surface area contributed by atoms with E-state index in [1.54, 1.807) is 24.6 Å². The number of fused-ring (bicyclic) bond motifs is 1. The van der Waals surface area contributed by atoms with Gasteiger partial charge in [-0.1, -0.05) is 0 Å². The summed E-state index contributed by atoms with van der Waals surface area (Å²) in [7, 11) is -0.220. The van der Waals surface area contributed by atoms with E-state index in [0.29, 0.717) is 13.1 Å². The maximum Gasteiger partial charge on any atom is 0.281 e. The van der Waals surface area contributed by atoms with Gasteiger partial charge in [0.25, 0.3) is 10.2 Å². The van der Waals surface area contributed by atoms with Crippen LogP contribution in [0.4, 0.5) is 0 Å². The Kier molecular flexibility index (Phi) is 4.04. The Hall–Kier alpha value is -0.960. The third-order valence-electron chi connectivity index (χ3n) is 4.31. The molecule has 8 heteroatoms. The van der Waals surface area contributed by atoms with E-state index >= 15 is 0 Å². The van der Waals surface area contributed by atoms with Gasteiger partial charge < -0.3 is 4.90 Å². The molecule has 3 rings (SSSR count). The quantitative estimate of drug-likeness (QED) is 0.793. The second-order valence-corrected chi connectivity index (χ2v) is 8.15. The first-order valence-electron chi connectivity index (χ1n) is 7.41. The lowest BCUT2D eigenvalue weighted by Crippen LogP contribution is -2.48. The maximum absolute atomic E-state index is 12.4. The van der Waals surface area contributed by atoms with Gasteiger partial charge in [-0.2, -0.15) is 22.1 Å². The van der Waals surface area contributed by atoms with Crippen molar-refractivity contribution in [2.24, 2.45) is 0 Å². The number of likely N-dealkylation sites (tertiary alicyclic amines) is 1. The van der Waals surface area contributed by atoms with E-state index < -0.39 is 10.2 Å². The molecule has 1 fully saturated rings. The minimum absolute atomic E-state index is 0.0941. The Morgan fingerprint density at radius 2 is 2.05 bits per heavy atom. The molecule has 2 aliphatic rings. The first-order valence-corrected chi connectivity index (χ1v) is 8.80. The maximum atomic E-state index is 12.4. The Bertz CT molecular complexity index is 591. The van der Waals surface area contributed by atoms with Gasteiger partial charge in [0.2, 0.25) is 0 Å². The molecule has 2 aliphatic heterocycles. The van der Waals surface area contributed by atoms with Crippen LogP contribution >= 0.6 is 0 Å². The van der Waals surface area contributed by atoms with Crippen LogP contribution in [-0.2, 0) is 16.8 Å². The van der Waals surface area contributed by atoms with E-state index in [2.05, 4.69) is 10.00 Å². The fourth-order valence-electron chi connectivity index (χ4n) is 3.16. The molecule has 1 saturated heterocycles. The van der Waals surface area contributed by atoms with Crippen LogP contribution < -0.4 is 0 Å². The molecule has 1 aromatic heterocycles. The Labute approximate surface area is 126 Å². The molecule has 0 spiro atoms. The van der Waals surface area contributed by atoms with Gasteiger partial charge in [-0.15, -0.1) is 0 Å². The van der Waals surface area contributed by atoms with Crippen molar-refractivity contribution in [3.63, 3.8) is 0 Å². The summed E-state index contributed by atoms with van der Waals surface area (Å²) < 4.78 is 29.7. The monoisotopic (exact) mass is 313 g/mol. The van der Waals surface area contributed by atoms with Gasteiger partial charge in [0.1, 0.15) is 0 Å². The SMILES string of the molecule is CN(C)S(=O)(=O)N1Cc2ccnn2C(CN2CCCC2)C1. The van der Waals surface area contributed by atoms with Gasteiger partial charge in [-0.25, -0.2) is 0 Å².